The SMILES string of the molecule is CCCC(C)(C)NC(=O)C1CC(c2ccccc2)NN1. The quantitative estimate of drug-likeness (QED) is 0.773. The summed E-state index contributed by atoms with van der Waals surface area (Å²) in [5, 5.41) is 3.13. The molecule has 2 atom stereocenters. The normalized spacial score (nSPS) is 22.8. The summed E-state index contributed by atoms with van der Waals surface area (Å²) in [6, 6.07) is 10.2. The van der Waals surface area contributed by atoms with E-state index in [2.05, 4.69) is 49.1 Å². The van der Waals surface area contributed by atoms with E-state index in [1.807, 2.05) is 18.2 Å². The maximum Gasteiger partial charge on any atom is 0.238 e. The number of nitrogens with one attached hydrogen (secondary N) is 3. The molecular weight excluding hydrogens is 250 g/mol. The second kappa shape index (κ2) is 6.37. The number of hydrazine groups is 1. The molecule has 4 heteroatoms. The van der Waals surface area contributed by atoms with Gasteiger partial charge in [0.05, 0.1) is 0 Å². The topological polar surface area (TPSA) is 53.2 Å². The summed E-state index contributed by atoms with van der Waals surface area (Å²) in [7, 11) is 0. The highest BCUT2D eigenvalue weighted by Gasteiger charge is 2.32. The van der Waals surface area contributed by atoms with Crippen molar-refractivity contribution in [2.24, 2.45) is 0 Å². The van der Waals surface area contributed by atoms with Crippen LogP contribution in [0.4, 0.5) is 0 Å². The van der Waals surface area contributed by atoms with Crippen LogP contribution in [0.15, 0.2) is 30.3 Å². The Morgan fingerprint density at radius 2 is 2.00 bits per heavy atom. The summed E-state index contributed by atoms with van der Waals surface area (Å²) in [6.45, 7) is 6.28. The first kappa shape index (κ1) is 15.0. The first-order valence-corrected chi connectivity index (χ1v) is 7.40. The van der Waals surface area contributed by atoms with Gasteiger partial charge in [-0.3, -0.25) is 4.79 Å². The first-order chi connectivity index (χ1) is 9.52. The highest BCUT2D eigenvalue weighted by atomic mass is 16.2. The minimum atomic E-state index is -0.170. The molecule has 1 fully saturated rings. The van der Waals surface area contributed by atoms with E-state index < -0.39 is 0 Å². The predicted molar refractivity (Wildman–Crippen MR) is 81.0 cm³/mol. The standard InChI is InChI=1S/C16H25N3O/c1-4-10-16(2,3)17-15(20)14-11-13(18-19-14)12-8-6-5-7-9-12/h5-9,13-14,18-19H,4,10-11H2,1-3H3,(H,17,20). The van der Waals surface area contributed by atoms with E-state index in [4.69, 9.17) is 0 Å². The maximum absolute atomic E-state index is 12.3. The van der Waals surface area contributed by atoms with Crippen LogP contribution in [-0.2, 0) is 4.79 Å². The average molecular weight is 275 g/mol. The molecule has 0 radical (unpaired) electrons. The Labute approximate surface area is 121 Å². The molecule has 1 heterocycles. The third-order valence-electron chi connectivity index (χ3n) is 3.76. The van der Waals surface area contributed by atoms with Crippen molar-refractivity contribution >= 4 is 5.91 Å². The Morgan fingerprint density at radius 3 is 2.65 bits per heavy atom. The van der Waals surface area contributed by atoms with E-state index in [0.29, 0.717) is 0 Å². The molecule has 1 aromatic rings. The average Bonchev–Trinajstić information content (AvgIpc) is 2.88. The Kier molecular flexibility index (Phi) is 4.78. The van der Waals surface area contributed by atoms with Crippen LogP contribution in [0.1, 0.15) is 51.6 Å². The summed E-state index contributed by atoms with van der Waals surface area (Å²) < 4.78 is 0. The molecule has 1 aromatic carbocycles. The van der Waals surface area contributed by atoms with Crippen molar-refractivity contribution in [2.45, 2.75) is 57.7 Å². The maximum atomic E-state index is 12.3. The van der Waals surface area contributed by atoms with E-state index in [0.717, 1.165) is 19.3 Å². The molecule has 0 aliphatic carbocycles. The molecule has 0 spiro atoms. The van der Waals surface area contributed by atoms with Gasteiger partial charge in [-0.05, 0) is 32.3 Å². The van der Waals surface area contributed by atoms with Crippen molar-refractivity contribution in [3.8, 4) is 0 Å². The van der Waals surface area contributed by atoms with Crippen LogP contribution in [0, 0.1) is 0 Å². The minimum Gasteiger partial charge on any atom is -0.350 e. The number of benzene rings is 1. The van der Waals surface area contributed by atoms with Gasteiger partial charge in [0.1, 0.15) is 6.04 Å². The largest absolute Gasteiger partial charge is 0.350 e. The summed E-state index contributed by atoms with van der Waals surface area (Å²) in [5.74, 6) is 0.0781. The molecular formula is C16H25N3O. The number of amides is 1. The number of hydrogen-bond donors (Lipinski definition) is 3. The molecule has 1 saturated heterocycles. The zero-order chi connectivity index (χ0) is 14.6. The molecule has 20 heavy (non-hydrogen) atoms. The Hall–Kier alpha value is -1.39. The van der Waals surface area contributed by atoms with Gasteiger partial charge in [0.25, 0.3) is 0 Å². The van der Waals surface area contributed by atoms with Crippen molar-refractivity contribution in [1.82, 2.24) is 16.2 Å². The predicted octanol–water partition coefficient (Wildman–Crippen LogP) is 2.29. The van der Waals surface area contributed by atoms with Gasteiger partial charge >= 0.3 is 0 Å². The summed E-state index contributed by atoms with van der Waals surface area (Å²) >= 11 is 0. The van der Waals surface area contributed by atoms with Crippen molar-refractivity contribution in [1.29, 1.82) is 0 Å². The smallest absolute Gasteiger partial charge is 0.238 e. The first-order valence-electron chi connectivity index (χ1n) is 7.40. The molecule has 4 nitrogen and oxygen atoms in total. The summed E-state index contributed by atoms with van der Waals surface area (Å²) in [4.78, 5) is 12.3. The second-order valence-electron chi connectivity index (χ2n) is 6.16. The number of carbonyl (C=O) groups excluding carboxylic acids is 1. The van der Waals surface area contributed by atoms with Gasteiger partial charge in [-0.2, -0.15) is 0 Å². The van der Waals surface area contributed by atoms with Gasteiger partial charge < -0.3 is 5.32 Å². The van der Waals surface area contributed by atoms with Crippen LogP contribution < -0.4 is 16.2 Å². The van der Waals surface area contributed by atoms with Crippen molar-refractivity contribution < 1.29 is 4.79 Å². The van der Waals surface area contributed by atoms with Gasteiger partial charge in [0.15, 0.2) is 0 Å². The molecule has 1 amide bonds. The van der Waals surface area contributed by atoms with Crippen molar-refractivity contribution in [3.05, 3.63) is 35.9 Å². The molecule has 2 unspecified atom stereocenters. The third kappa shape index (κ3) is 3.81. The van der Waals surface area contributed by atoms with Crippen molar-refractivity contribution in [2.75, 3.05) is 0 Å². The van der Waals surface area contributed by atoms with Gasteiger partial charge in [-0.1, -0.05) is 43.7 Å². The lowest BCUT2D eigenvalue weighted by molar-refractivity contribution is -0.124. The lowest BCUT2D eigenvalue weighted by atomic mass is 9.97. The van der Waals surface area contributed by atoms with Gasteiger partial charge in [-0.15, -0.1) is 0 Å². The molecule has 110 valence electrons. The highest BCUT2D eigenvalue weighted by molar-refractivity contribution is 5.82. The minimum absolute atomic E-state index is 0.0781. The van der Waals surface area contributed by atoms with E-state index >= 15 is 0 Å². The fourth-order valence-electron chi connectivity index (χ4n) is 2.74. The zero-order valence-corrected chi connectivity index (χ0v) is 12.6. The molecule has 0 saturated carbocycles. The van der Waals surface area contributed by atoms with Gasteiger partial charge in [-0.25, -0.2) is 10.9 Å². The third-order valence-corrected chi connectivity index (χ3v) is 3.76. The van der Waals surface area contributed by atoms with E-state index in [-0.39, 0.29) is 23.5 Å². The molecule has 0 bridgehead atoms. The van der Waals surface area contributed by atoms with E-state index in [1.54, 1.807) is 0 Å². The van der Waals surface area contributed by atoms with Crippen LogP contribution in [-0.4, -0.2) is 17.5 Å². The number of carbonyl (C=O) groups is 1. The fourth-order valence-corrected chi connectivity index (χ4v) is 2.74. The molecule has 2 rings (SSSR count). The van der Waals surface area contributed by atoms with Crippen LogP contribution >= 0.6 is 0 Å². The lowest BCUT2D eigenvalue weighted by Crippen LogP contribution is -2.51. The Morgan fingerprint density at radius 1 is 1.30 bits per heavy atom. The Balaban J connectivity index is 1.91. The number of hydrogen-bond acceptors (Lipinski definition) is 3. The monoisotopic (exact) mass is 275 g/mol. The van der Waals surface area contributed by atoms with E-state index in [9.17, 15) is 4.79 Å². The van der Waals surface area contributed by atoms with Gasteiger partial charge in [0, 0.05) is 11.6 Å². The van der Waals surface area contributed by atoms with Crippen LogP contribution in [0.25, 0.3) is 0 Å². The second-order valence-corrected chi connectivity index (χ2v) is 6.16. The highest BCUT2D eigenvalue weighted by Crippen LogP contribution is 2.22. The van der Waals surface area contributed by atoms with Gasteiger partial charge in [0.2, 0.25) is 5.91 Å². The summed E-state index contributed by atoms with van der Waals surface area (Å²) in [6.07, 6.45) is 2.83. The lowest BCUT2D eigenvalue weighted by Gasteiger charge is -2.27. The molecule has 0 aromatic heterocycles. The van der Waals surface area contributed by atoms with Crippen molar-refractivity contribution in [3.63, 3.8) is 0 Å². The van der Waals surface area contributed by atoms with Crippen LogP contribution in [0.5, 0.6) is 0 Å². The summed E-state index contributed by atoms with van der Waals surface area (Å²) in [5.41, 5.74) is 7.39. The number of rotatable bonds is 5. The van der Waals surface area contributed by atoms with Crippen LogP contribution in [0.2, 0.25) is 0 Å². The molecule has 3 N–H and O–H groups in total. The van der Waals surface area contributed by atoms with Crippen LogP contribution in [0.3, 0.4) is 0 Å². The molecule has 1 aliphatic heterocycles. The van der Waals surface area contributed by atoms with E-state index in [1.165, 1.54) is 5.56 Å². The Bertz CT molecular complexity index is 444. The fraction of sp³-hybridized carbons (Fsp3) is 0.562. The zero-order valence-electron chi connectivity index (χ0n) is 12.6. The molecule has 1 aliphatic rings.